The van der Waals surface area contributed by atoms with Gasteiger partial charge in [0.25, 0.3) is 0 Å². The van der Waals surface area contributed by atoms with Gasteiger partial charge in [-0.1, -0.05) is 252 Å². The Morgan fingerprint density at radius 2 is 0.474 bits per heavy atom. The molecule has 6 nitrogen and oxygen atoms in total. The molecule has 0 radical (unpaired) electrons. The summed E-state index contributed by atoms with van der Waals surface area (Å²) in [5.41, 5.74) is 0. The molecule has 0 aromatic carbocycles. The maximum absolute atomic E-state index is 12.7. The standard InChI is InChI=1S/C51H98O6/c1-4-7-10-13-16-18-20-22-24-25-27-29-31-33-36-39-42-45-51(54)57-48(46-55-49(52)43-40-37-34-15-12-9-6-3)47-56-50(53)44-41-38-35-32-30-28-26-23-21-19-17-14-11-8-5-2/h48H,4-47H2,1-3H3/t48-/m1/s1. The smallest absolute Gasteiger partial charge is 0.306 e. The molecule has 0 aromatic heterocycles. The highest BCUT2D eigenvalue weighted by Crippen LogP contribution is 2.17. The highest BCUT2D eigenvalue weighted by atomic mass is 16.6. The van der Waals surface area contributed by atoms with Crippen LogP contribution in [0.15, 0.2) is 0 Å². The van der Waals surface area contributed by atoms with Gasteiger partial charge in [-0.05, 0) is 19.3 Å². The van der Waals surface area contributed by atoms with E-state index < -0.39 is 6.10 Å². The first kappa shape index (κ1) is 55.4. The summed E-state index contributed by atoms with van der Waals surface area (Å²) in [6, 6.07) is 0. The zero-order chi connectivity index (χ0) is 41.5. The third kappa shape index (κ3) is 45.3. The minimum Gasteiger partial charge on any atom is -0.462 e. The first-order valence-corrected chi connectivity index (χ1v) is 25.5. The summed E-state index contributed by atoms with van der Waals surface area (Å²) >= 11 is 0. The summed E-state index contributed by atoms with van der Waals surface area (Å²) in [6.07, 6.45) is 49.6. The highest BCUT2D eigenvalue weighted by Gasteiger charge is 2.19. The normalized spacial score (nSPS) is 11.8. The van der Waals surface area contributed by atoms with Crippen molar-refractivity contribution in [1.82, 2.24) is 0 Å². The van der Waals surface area contributed by atoms with Crippen LogP contribution >= 0.6 is 0 Å². The lowest BCUT2D eigenvalue weighted by Crippen LogP contribution is -2.30. The van der Waals surface area contributed by atoms with Crippen LogP contribution in [0.1, 0.15) is 290 Å². The Balaban J connectivity index is 4.20. The maximum atomic E-state index is 12.7. The lowest BCUT2D eigenvalue weighted by atomic mass is 10.0. The quantitative estimate of drug-likeness (QED) is 0.0346. The van der Waals surface area contributed by atoms with Crippen molar-refractivity contribution in [2.24, 2.45) is 0 Å². The molecule has 0 saturated carbocycles. The maximum Gasteiger partial charge on any atom is 0.306 e. The second kappa shape index (κ2) is 47.1. The number of carbonyl (C=O) groups is 3. The fourth-order valence-electron chi connectivity index (χ4n) is 7.74. The minimum absolute atomic E-state index is 0.0624. The van der Waals surface area contributed by atoms with Crippen molar-refractivity contribution >= 4 is 17.9 Å². The van der Waals surface area contributed by atoms with Crippen LogP contribution in [0.3, 0.4) is 0 Å². The first-order valence-electron chi connectivity index (χ1n) is 25.5. The zero-order valence-corrected chi connectivity index (χ0v) is 38.6. The predicted octanol–water partition coefficient (Wildman–Crippen LogP) is 16.4. The van der Waals surface area contributed by atoms with Gasteiger partial charge in [0.2, 0.25) is 0 Å². The molecule has 0 aliphatic rings. The van der Waals surface area contributed by atoms with Gasteiger partial charge < -0.3 is 14.2 Å². The number of hydrogen-bond donors (Lipinski definition) is 0. The van der Waals surface area contributed by atoms with E-state index >= 15 is 0 Å². The summed E-state index contributed by atoms with van der Waals surface area (Å²) in [6.45, 7) is 6.64. The fraction of sp³-hybridized carbons (Fsp3) is 0.941. The second-order valence-electron chi connectivity index (χ2n) is 17.5. The van der Waals surface area contributed by atoms with Crippen molar-refractivity contribution in [3.63, 3.8) is 0 Å². The summed E-state index contributed by atoms with van der Waals surface area (Å²) in [5.74, 6) is -0.849. The van der Waals surface area contributed by atoms with Gasteiger partial charge in [0.15, 0.2) is 6.10 Å². The van der Waals surface area contributed by atoms with E-state index in [9.17, 15) is 14.4 Å². The van der Waals surface area contributed by atoms with Crippen LogP contribution in [-0.2, 0) is 28.6 Å². The molecule has 0 aromatic rings. The zero-order valence-electron chi connectivity index (χ0n) is 38.6. The number of hydrogen-bond acceptors (Lipinski definition) is 6. The number of esters is 3. The molecule has 338 valence electrons. The van der Waals surface area contributed by atoms with Gasteiger partial charge in [0, 0.05) is 19.3 Å². The van der Waals surface area contributed by atoms with Crippen LogP contribution in [0.2, 0.25) is 0 Å². The van der Waals surface area contributed by atoms with Crippen LogP contribution in [0.5, 0.6) is 0 Å². The Hall–Kier alpha value is -1.59. The lowest BCUT2D eigenvalue weighted by molar-refractivity contribution is -0.167. The molecule has 1 atom stereocenters. The Bertz CT molecular complexity index is 844. The van der Waals surface area contributed by atoms with Gasteiger partial charge in [0.1, 0.15) is 13.2 Å². The summed E-state index contributed by atoms with van der Waals surface area (Å²) in [4.78, 5) is 37.7. The third-order valence-corrected chi connectivity index (χ3v) is 11.6. The van der Waals surface area contributed by atoms with E-state index in [4.69, 9.17) is 14.2 Å². The number of rotatable bonds is 47. The Labute approximate surface area is 355 Å². The molecule has 0 rings (SSSR count). The summed E-state index contributed by atoms with van der Waals surface area (Å²) < 4.78 is 16.7. The summed E-state index contributed by atoms with van der Waals surface area (Å²) in [5, 5.41) is 0. The minimum atomic E-state index is -0.758. The van der Waals surface area contributed by atoms with Crippen LogP contribution in [0, 0.1) is 0 Å². The molecule has 0 saturated heterocycles. The van der Waals surface area contributed by atoms with Gasteiger partial charge in [-0.25, -0.2) is 0 Å². The van der Waals surface area contributed by atoms with Crippen molar-refractivity contribution in [2.75, 3.05) is 13.2 Å². The largest absolute Gasteiger partial charge is 0.462 e. The molecule has 0 bridgehead atoms. The van der Waals surface area contributed by atoms with E-state index in [1.54, 1.807) is 0 Å². The van der Waals surface area contributed by atoms with E-state index in [2.05, 4.69) is 20.8 Å². The second-order valence-corrected chi connectivity index (χ2v) is 17.5. The molecule has 0 aliphatic carbocycles. The molecule has 57 heavy (non-hydrogen) atoms. The average Bonchev–Trinajstić information content (AvgIpc) is 3.21. The van der Waals surface area contributed by atoms with E-state index in [1.165, 1.54) is 193 Å². The topological polar surface area (TPSA) is 78.9 Å². The molecular weight excluding hydrogens is 709 g/mol. The van der Waals surface area contributed by atoms with Crippen molar-refractivity contribution < 1.29 is 28.6 Å². The number of unbranched alkanes of at least 4 members (excludes halogenated alkanes) is 36. The van der Waals surface area contributed by atoms with Gasteiger partial charge in [-0.2, -0.15) is 0 Å². The predicted molar refractivity (Wildman–Crippen MR) is 243 cm³/mol. The van der Waals surface area contributed by atoms with Gasteiger partial charge in [-0.15, -0.1) is 0 Å². The fourth-order valence-corrected chi connectivity index (χ4v) is 7.74. The van der Waals surface area contributed by atoms with Crippen molar-refractivity contribution in [1.29, 1.82) is 0 Å². The van der Waals surface area contributed by atoms with Gasteiger partial charge in [-0.3, -0.25) is 14.4 Å². The Morgan fingerprint density at radius 3 is 0.702 bits per heavy atom. The van der Waals surface area contributed by atoms with Gasteiger partial charge >= 0.3 is 17.9 Å². The lowest BCUT2D eigenvalue weighted by Gasteiger charge is -2.18. The molecule has 0 unspecified atom stereocenters. The van der Waals surface area contributed by atoms with E-state index in [0.717, 1.165) is 57.8 Å². The van der Waals surface area contributed by atoms with Crippen LogP contribution < -0.4 is 0 Å². The van der Waals surface area contributed by atoms with Crippen molar-refractivity contribution in [3.05, 3.63) is 0 Å². The molecule has 0 amide bonds. The van der Waals surface area contributed by atoms with E-state index in [0.29, 0.717) is 19.3 Å². The molecular formula is C51H98O6. The average molecular weight is 807 g/mol. The molecule has 0 aliphatic heterocycles. The summed E-state index contributed by atoms with van der Waals surface area (Å²) in [7, 11) is 0. The van der Waals surface area contributed by atoms with Gasteiger partial charge in [0.05, 0.1) is 0 Å². The number of carbonyl (C=O) groups excluding carboxylic acids is 3. The Morgan fingerprint density at radius 1 is 0.281 bits per heavy atom. The van der Waals surface area contributed by atoms with Crippen molar-refractivity contribution in [3.8, 4) is 0 Å². The molecule has 0 fully saturated rings. The van der Waals surface area contributed by atoms with Crippen LogP contribution in [0.4, 0.5) is 0 Å². The first-order chi connectivity index (χ1) is 28.0. The number of ether oxygens (including phenoxy) is 3. The van der Waals surface area contributed by atoms with Crippen molar-refractivity contribution in [2.45, 2.75) is 297 Å². The van der Waals surface area contributed by atoms with Crippen LogP contribution in [0.25, 0.3) is 0 Å². The van der Waals surface area contributed by atoms with Crippen LogP contribution in [-0.4, -0.2) is 37.2 Å². The molecule has 0 spiro atoms. The molecule has 0 N–H and O–H groups in total. The Kier molecular flexibility index (Phi) is 45.8. The van der Waals surface area contributed by atoms with E-state index in [-0.39, 0.29) is 31.1 Å². The van der Waals surface area contributed by atoms with E-state index in [1.807, 2.05) is 0 Å². The third-order valence-electron chi connectivity index (χ3n) is 11.6. The monoisotopic (exact) mass is 807 g/mol. The molecule has 6 heteroatoms. The molecule has 0 heterocycles. The SMILES string of the molecule is CCCCCCCCCCCCCCCCCCCC(=O)O[C@H](COC(=O)CCCCCCCCC)COC(=O)CCCCCCCCCCCCCCCCC. The highest BCUT2D eigenvalue weighted by molar-refractivity contribution is 5.71.